The molecule has 0 saturated carbocycles. The van der Waals surface area contributed by atoms with Crippen LogP contribution in [0.2, 0.25) is 10.0 Å². The van der Waals surface area contributed by atoms with Gasteiger partial charge in [-0.2, -0.15) is 0 Å². The molecule has 0 fully saturated rings. The summed E-state index contributed by atoms with van der Waals surface area (Å²) in [6.07, 6.45) is 0. The van der Waals surface area contributed by atoms with Crippen molar-refractivity contribution in [2.24, 2.45) is 0 Å². The molecule has 0 bridgehead atoms. The van der Waals surface area contributed by atoms with E-state index in [0.717, 1.165) is 11.1 Å². The van der Waals surface area contributed by atoms with Crippen molar-refractivity contribution in [3.8, 4) is 0 Å². The summed E-state index contributed by atoms with van der Waals surface area (Å²) in [5.41, 5.74) is 0.765. The highest BCUT2D eigenvalue weighted by Crippen LogP contribution is 2.55. The molecule has 0 radical (unpaired) electrons. The van der Waals surface area contributed by atoms with Gasteiger partial charge >= 0.3 is 0 Å². The number of amides is 2. The molecular formula is C34H20Cl2N4O4S2. The fourth-order valence-corrected chi connectivity index (χ4v) is 8.34. The fourth-order valence-electron chi connectivity index (χ4n) is 6.16. The first-order chi connectivity index (χ1) is 22.4. The van der Waals surface area contributed by atoms with Gasteiger partial charge in [0.15, 0.2) is 15.3 Å². The van der Waals surface area contributed by atoms with Crippen molar-refractivity contribution < 1.29 is 14.0 Å². The third-order valence-electron chi connectivity index (χ3n) is 8.12. The van der Waals surface area contributed by atoms with Crippen LogP contribution in [0.1, 0.15) is 32.8 Å². The molecule has 1 atom stereocenters. The maximum Gasteiger partial charge on any atom is 0.297 e. The van der Waals surface area contributed by atoms with Crippen LogP contribution >= 0.6 is 46.3 Å². The lowest BCUT2D eigenvalue weighted by atomic mass is 9.84. The number of anilines is 2. The normalized spacial score (nSPS) is 16.9. The Morgan fingerprint density at radius 1 is 0.826 bits per heavy atom. The molecule has 0 aliphatic carbocycles. The van der Waals surface area contributed by atoms with Crippen molar-refractivity contribution in [1.29, 1.82) is 0 Å². The van der Waals surface area contributed by atoms with Gasteiger partial charge in [-0.15, -0.1) is 10.2 Å². The average molecular weight is 684 g/mol. The molecule has 8 rings (SSSR count). The molecule has 1 spiro atoms. The van der Waals surface area contributed by atoms with E-state index in [-0.39, 0.29) is 34.0 Å². The number of rotatable bonds is 6. The highest BCUT2D eigenvalue weighted by atomic mass is 35.5. The van der Waals surface area contributed by atoms with Crippen molar-refractivity contribution in [3.63, 3.8) is 0 Å². The number of hydrogen-bond donors (Lipinski definition) is 0. The smallest absolute Gasteiger partial charge is 0.297 e. The Morgan fingerprint density at radius 2 is 1.61 bits per heavy atom. The van der Waals surface area contributed by atoms with E-state index in [0.29, 0.717) is 31.4 Å². The van der Waals surface area contributed by atoms with Crippen LogP contribution in [0.25, 0.3) is 11.0 Å². The third kappa shape index (κ3) is 4.39. The Hall–Kier alpha value is -4.48. The van der Waals surface area contributed by atoms with Crippen LogP contribution in [-0.4, -0.2) is 22.0 Å². The SMILES string of the molecule is O=C1c2oc3ccccc3c(=O)c2C2(C(=O)N(Cc3ccc(Cl)cc3)c3ccccc32)N1c1nnc(SCc2cccc(Cl)c2)s1. The topological polar surface area (TPSA) is 96.6 Å². The van der Waals surface area contributed by atoms with Crippen LogP contribution in [0, 0.1) is 0 Å². The second kappa shape index (κ2) is 11.1. The summed E-state index contributed by atoms with van der Waals surface area (Å²) < 4.78 is 6.73. The number of thioether (sulfide) groups is 1. The van der Waals surface area contributed by atoms with Gasteiger partial charge in [-0.1, -0.05) is 101 Å². The second-order valence-electron chi connectivity index (χ2n) is 10.8. The average Bonchev–Trinajstić information content (AvgIpc) is 3.70. The van der Waals surface area contributed by atoms with E-state index in [4.69, 9.17) is 27.6 Å². The van der Waals surface area contributed by atoms with E-state index < -0.39 is 22.8 Å². The number of nitrogens with zero attached hydrogens (tertiary/aromatic N) is 4. The zero-order valence-corrected chi connectivity index (χ0v) is 26.8. The Kier molecular flexibility index (Phi) is 6.99. The van der Waals surface area contributed by atoms with Gasteiger partial charge in [0, 0.05) is 21.4 Å². The standard InChI is InChI=1S/C34H20Cl2N4O4S2/c35-21-14-12-19(13-15-21)17-39-25-10-3-2-9-24(25)34(31(39)43)27-28(41)23-8-1-4-11-26(23)44-29(27)30(42)40(34)32-37-38-33(46-32)45-18-20-6-5-7-22(36)16-20/h1-16H,17-18H2. The number of fused-ring (bicyclic) bond motifs is 5. The van der Waals surface area contributed by atoms with Crippen molar-refractivity contribution in [1.82, 2.24) is 10.2 Å². The first kappa shape index (κ1) is 29.0. The molecule has 0 N–H and O–H groups in total. The lowest BCUT2D eigenvalue weighted by Crippen LogP contribution is -2.53. The minimum Gasteiger partial charge on any atom is -0.450 e. The number of para-hydroxylation sites is 2. The number of carbonyl (C=O) groups excluding carboxylic acids is 2. The van der Waals surface area contributed by atoms with Crippen molar-refractivity contribution in [3.05, 3.63) is 145 Å². The molecule has 12 heteroatoms. The number of carbonyl (C=O) groups is 2. The van der Waals surface area contributed by atoms with Gasteiger partial charge in [-0.3, -0.25) is 19.3 Å². The number of halogens is 2. The highest BCUT2D eigenvalue weighted by molar-refractivity contribution is 8.00. The molecule has 46 heavy (non-hydrogen) atoms. The number of hydrogen-bond acceptors (Lipinski definition) is 8. The lowest BCUT2D eigenvalue weighted by Gasteiger charge is -2.32. The van der Waals surface area contributed by atoms with Crippen LogP contribution in [0.3, 0.4) is 0 Å². The predicted octanol–water partition coefficient (Wildman–Crippen LogP) is 7.69. The summed E-state index contributed by atoms with van der Waals surface area (Å²) in [5, 5.41) is 10.4. The Balaban J connectivity index is 1.31. The zero-order valence-electron chi connectivity index (χ0n) is 23.6. The molecule has 8 nitrogen and oxygen atoms in total. The molecule has 2 aliphatic rings. The monoisotopic (exact) mass is 682 g/mol. The van der Waals surface area contributed by atoms with E-state index >= 15 is 4.79 Å². The maximum atomic E-state index is 15.1. The van der Waals surface area contributed by atoms with Crippen LogP contribution in [-0.2, 0) is 22.6 Å². The van der Waals surface area contributed by atoms with E-state index in [1.807, 2.05) is 42.5 Å². The van der Waals surface area contributed by atoms with E-state index in [9.17, 15) is 9.59 Å². The summed E-state index contributed by atoms with van der Waals surface area (Å²) in [6.45, 7) is 0.182. The van der Waals surface area contributed by atoms with E-state index in [1.165, 1.54) is 28.0 Å². The van der Waals surface area contributed by atoms with Crippen LogP contribution in [0.5, 0.6) is 0 Å². The number of benzene rings is 4. The molecule has 6 aromatic rings. The van der Waals surface area contributed by atoms with Gasteiger partial charge in [0.2, 0.25) is 10.9 Å². The molecule has 2 amide bonds. The lowest BCUT2D eigenvalue weighted by molar-refractivity contribution is -0.121. The largest absolute Gasteiger partial charge is 0.450 e. The number of aromatic nitrogens is 2. The van der Waals surface area contributed by atoms with Crippen molar-refractivity contribution in [2.45, 2.75) is 22.2 Å². The van der Waals surface area contributed by atoms with Crippen molar-refractivity contribution in [2.75, 3.05) is 9.80 Å². The summed E-state index contributed by atoms with van der Waals surface area (Å²) in [7, 11) is 0. The van der Waals surface area contributed by atoms with Gasteiger partial charge in [-0.25, -0.2) is 0 Å². The van der Waals surface area contributed by atoms with E-state index in [1.54, 1.807) is 59.5 Å². The Morgan fingerprint density at radius 3 is 2.43 bits per heavy atom. The minimum absolute atomic E-state index is 0.0319. The minimum atomic E-state index is -1.87. The summed E-state index contributed by atoms with van der Waals surface area (Å²) in [4.78, 5) is 46.8. The van der Waals surface area contributed by atoms with Crippen LogP contribution in [0.15, 0.2) is 111 Å². The summed E-state index contributed by atoms with van der Waals surface area (Å²) in [6, 6.07) is 28.6. The van der Waals surface area contributed by atoms with Crippen molar-refractivity contribution >= 4 is 79.9 Å². The van der Waals surface area contributed by atoms with Crippen LogP contribution in [0.4, 0.5) is 10.8 Å². The maximum absolute atomic E-state index is 15.1. The Bertz CT molecular complexity index is 2270. The van der Waals surface area contributed by atoms with Crippen LogP contribution < -0.4 is 15.2 Å². The Labute approximate surface area is 280 Å². The quantitative estimate of drug-likeness (QED) is 0.131. The first-order valence-corrected chi connectivity index (χ1v) is 16.7. The highest BCUT2D eigenvalue weighted by Gasteiger charge is 2.66. The van der Waals surface area contributed by atoms with Gasteiger partial charge in [0.1, 0.15) is 5.58 Å². The molecule has 4 heterocycles. The second-order valence-corrected chi connectivity index (χ2v) is 13.8. The molecule has 0 saturated heterocycles. The summed E-state index contributed by atoms with van der Waals surface area (Å²) >= 11 is 14.9. The third-order valence-corrected chi connectivity index (χ3v) is 10.7. The fraction of sp³-hybridized carbons (Fsp3) is 0.0882. The summed E-state index contributed by atoms with van der Waals surface area (Å²) in [5.74, 6) is -0.738. The zero-order chi connectivity index (χ0) is 31.6. The molecule has 226 valence electrons. The molecule has 1 unspecified atom stereocenters. The molecule has 4 aromatic carbocycles. The molecule has 2 aliphatic heterocycles. The first-order valence-electron chi connectivity index (χ1n) is 14.1. The van der Waals surface area contributed by atoms with Gasteiger partial charge in [-0.05, 0) is 53.6 Å². The molecular weight excluding hydrogens is 663 g/mol. The van der Waals surface area contributed by atoms with Gasteiger partial charge in [0.25, 0.3) is 11.8 Å². The predicted molar refractivity (Wildman–Crippen MR) is 180 cm³/mol. The van der Waals surface area contributed by atoms with Gasteiger partial charge < -0.3 is 9.32 Å². The van der Waals surface area contributed by atoms with Gasteiger partial charge in [0.05, 0.1) is 23.2 Å². The van der Waals surface area contributed by atoms with E-state index in [2.05, 4.69) is 10.2 Å². The molecule has 2 aromatic heterocycles.